The van der Waals surface area contributed by atoms with Gasteiger partial charge in [0, 0.05) is 10.3 Å². The average Bonchev–Trinajstić information content (AvgIpc) is 2.38. The number of fused-ring (bicyclic) bond motifs is 1. The zero-order valence-corrected chi connectivity index (χ0v) is 9.26. The van der Waals surface area contributed by atoms with Crippen LogP contribution in [-0.4, -0.2) is 9.85 Å². The van der Waals surface area contributed by atoms with Crippen molar-refractivity contribution >= 4 is 27.8 Å². The molecule has 0 bridgehead atoms. The molecule has 0 aliphatic carbocycles. The van der Waals surface area contributed by atoms with Gasteiger partial charge in [-0.2, -0.15) is 0 Å². The standard InChI is InChI=1S/C10H5N5O4/c11-13-12-10-7-4-2-1-3-6(7)8(14(16)17)5-9(10)15(18)19/h1-5H. The van der Waals surface area contributed by atoms with Crippen LogP contribution in [0.25, 0.3) is 21.2 Å². The van der Waals surface area contributed by atoms with Crippen LogP contribution in [0.5, 0.6) is 0 Å². The van der Waals surface area contributed by atoms with Gasteiger partial charge < -0.3 is 0 Å². The van der Waals surface area contributed by atoms with Crippen LogP contribution >= 0.6 is 0 Å². The molecular formula is C10H5N5O4. The summed E-state index contributed by atoms with van der Waals surface area (Å²) in [6.45, 7) is 0. The smallest absolute Gasteiger partial charge is 0.258 e. The van der Waals surface area contributed by atoms with Gasteiger partial charge in [-0.3, -0.25) is 20.2 Å². The van der Waals surface area contributed by atoms with E-state index in [0.717, 1.165) is 6.07 Å². The van der Waals surface area contributed by atoms with E-state index in [2.05, 4.69) is 10.0 Å². The number of hydrogen-bond acceptors (Lipinski definition) is 5. The van der Waals surface area contributed by atoms with E-state index >= 15 is 0 Å². The first kappa shape index (κ1) is 12.3. The Morgan fingerprint density at radius 1 is 1.05 bits per heavy atom. The number of non-ortho nitro benzene ring substituents is 1. The van der Waals surface area contributed by atoms with Crippen molar-refractivity contribution in [3.63, 3.8) is 0 Å². The lowest BCUT2D eigenvalue weighted by Gasteiger charge is -2.03. The van der Waals surface area contributed by atoms with Gasteiger partial charge in [0.15, 0.2) is 0 Å². The van der Waals surface area contributed by atoms with Gasteiger partial charge in [-0.1, -0.05) is 23.3 Å². The maximum atomic E-state index is 10.9. The van der Waals surface area contributed by atoms with Crippen molar-refractivity contribution in [1.82, 2.24) is 0 Å². The molecule has 0 N–H and O–H groups in total. The van der Waals surface area contributed by atoms with E-state index in [-0.39, 0.29) is 16.5 Å². The molecule has 0 aromatic heterocycles. The first-order chi connectivity index (χ1) is 9.06. The number of nitro groups is 2. The molecule has 0 unspecified atom stereocenters. The van der Waals surface area contributed by atoms with Crippen LogP contribution in [0.4, 0.5) is 17.1 Å². The van der Waals surface area contributed by atoms with Crippen molar-refractivity contribution in [3.8, 4) is 0 Å². The van der Waals surface area contributed by atoms with Crippen molar-refractivity contribution in [2.45, 2.75) is 0 Å². The second kappa shape index (κ2) is 4.59. The summed E-state index contributed by atoms with van der Waals surface area (Å²) in [4.78, 5) is 22.8. The Kier molecular flexibility index (Phi) is 2.96. The Morgan fingerprint density at radius 2 is 1.63 bits per heavy atom. The normalized spacial score (nSPS) is 9.89. The zero-order chi connectivity index (χ0) is 14.0. The largest absolute Gasteiger partial charge is 0.286 e. The summed E-state index contributed by atoms with van der Waals surface area (Å²) in [5, 5.41) is 25.5. The van der Waals surface area contributed by atoms with Crippen molar-refractivity contribution in [3.05, 3.63) is 61.0 Å². The molecule has 0 fully saturated rings. The lowest BCUT2D eigenvalue weighted by Crippen LogP contribution is -1.94. The Morgan fingerprint density at radius 3 is 2.16 bits per heavy atom. The van der Waals surface area contributed by atoms with E-state index in [1.54, 1.807) is 12.1 Å². The first-order valence-corrected chi connectivity index (χ1v) is 4.96. The Balaban J connectivity index is 3.02. The second-order valence-corrected chi connectivity index (χ2v) is 3.51. The highest BCUT2D eigenvalue weighted by atomic mass is 16.6. The molecule has 0 radical (unpaired) electrons. The molecular weight excluding hydrogens is 254 g/mol. The fraction of sp³-hybridized carbons (Fsp3) is 0. The number of benzene rings is 2. The Hall–Kier alpha value is -3.19. The van der Waals surface area contributed by atoms with Gasteiger partial charge in [0.2, 0.25) is 0 Å². The third-order valence-corrected chi connectivity index (χ3v) is 2.51. The minimum Gasteiger partial charge on any atom is -0.258 e. The maximum Gasteiger partial charge on any atom is 0.286 e. The molecule has 0 aliphatic heterocycles. The van der Waals surface area contributed by atoms with Crippen molar-refractivity contribution < 1.29 is 9.85 Å². The van der Waals surface area contributed by atoms with Gasteiger partial charge in [0.1, 0.15) is 5.69 Å². The monoisotopic (exact) mass is 259 g/mol. The SMILES string of the molecule is [N-]=[N+]=Nc1c([N+](=O)[O-])cc([N+](=O)[O-])c2ccccc12. The van der Waals surface area contributed by atoms with Crippen LogP contribution in [0.1, 0.15) is 0 Å². The van der Waals surface area contributed by atoms with E-state index in [9.17, 15) is 20.2 Å². The third-order valence-electron chi connectivity index (χ3n) is 2.51. The molecule has 0 spiro atoms. The predicted octanol–water partition coefficient (Wildman–Crippen LogP) is 3.60. The summed E-state index contributed by atoms with van der Waals surface area (Å²) in [7, 11) is 0. The molecule has 0 atom stereocenters. The molecule has 2 aromatic rings. The summed E-state index contributed by atoms with van der Waals surface area (Å²) in [6.07, 6.45) is 0. The molecule has 0 saturated heterocycles. The molecule has 0 aliphatic rings. The van der Waals surface area contributed by atoms with Gasteiger partial charge in [-0.15, -0.1) is 0 Å². The summed E-state index contributed by atoms with van der Waals surface area (Å²) < 4.78 is 0. The van der Waals surface area contributed by atoms with Crippen LogP contribution in [-0.2, 0) is 0 Å². The summed E-state index contributed by atoms with van der Waals surface area (Å²) in [6, 6.07) is 6.77. The molecule has 19 heavy (non-hydrogen) atoms. The van der Waals surface area contributed by atoms with Crippen molar-refractivity contribution in [2.75, 3.05) is 0 Å². The van der Waals surface area contributed by atoms with Gasteiger partial charge >= 0.3 is 0 Å². The molecule has 94 valence electrons. The fourth-order valence-electron chi connectivity index (χ4n) is 1.77. The van der Waals surface area contributed by atoms with Crippen LogP contribution in [0.3, 0.4) is 0 Å². The third kappa shape index (κ3) is 2.01. The van der Waals surface area contributed by atoms with E-state index in [4.69, 9.17) is 5.53 Å². The molecule has 0 saturated carbocycles. The van der Waals surface area contributed by atoms with Gasteiger partial charge in [-0.25, -0.2) is 0 Å². The highest BCUT2D eigenvalue weighted by Crippen LogP contribution is 2.40. The molecule has 0 amide bonds. The minimum atomic E-state index is -0.816. The highest BCUT2D eigenvalue weighted by Gasteiger charge is 2.24. The van der Waals surface area contributed by atoms with Crippen LogP contribution in [0.15, 0.2) is 35.4 Å². The van der Waals surface area contributed by atoms with Crippen LogP contribution in [0.2, 0.25) is 0 Å². The molecule has 0 heterocycles. The minimum absolute atomic E-state index is 0.168. The summed E-state index contributed by atoms with van der Waals surface area (Å²) in [5.41, 5.74) is 7.24. The average molecular weight is 259 g/mol. The molecule has 2 aromatic carbocycles. The Bertz CT molecular complexity index is 751. The first-order valence-electron chi connectivity index (χ1n) is 4.96. The highest BCUT2D eigenvalue weighted by molar-refractivity contribution is 6.02. The van der Waals surface area contributed by atoms with Gasteiger partial charge in [-0.05, 0) is 11.6 Å². The number of azide groups is 1. The number of nitrogens with zero attached hydrogens (tertiary/aromatic N) is 5. The Labute approximate surface area is 105 Å². The molecule has 9 heteroatoms. The van der Waals surface area contributed by atoms with Gasteiger partial charge in [0.25, 0.3) is 11.4 Å². The zero-order valence-electron chi connectivity index (χ0n) is 9.26. The fourth-order valence-corrected chi connectivity index (χ4v) is 1.77. The lowest BCUT2D eigenvalue weighted by atomic mass is 10.1. The topological polar surface area (TPSA) is 135 Å². The lowest BCUT2D eigenvalue weighted by molar-refractivity contribution is -0.392. The van der Waals surface area contributed by atoms with E-state index in [0.29, 0.717) is 0 Å². The summed E-state index contributed by atoms with van der Waals surface area (Å²) >= 11 is 0. The van der Waals surface area contributed by atoms with Crippen LogP contribution in [0, 0.1) is 20.2 Å². The summed E-state index contributed by atoms with van der Waals surface area (Å²) in [5.74, 6) is 0. The van der Waals surface area contributed by atoms with Crippen molar-refractivity contribution in [1.29, 1.82) is 0 Å². The van der Waals surface area contributed by atoms with Crippen LogP contribution < -0.4 is 0 Å². The quantitative estimate of drug-likeness (QED) is 0.273. The van der Waals surface area contributed by atoms with Crippen molar-refractivity contribution in [2.24, 2.45) is 5.11 Å². The van der Waals surface area contributed by atoms with E-state index in [1.807, 2.05) is 0 Å². The predicted molar refractivity (Wildman–Crippen MR) is 66.1 cm³/mol. The molecule has 2 rings (SSSR count). The number of hydrogen-bond donors (Lipinski definition) is 0. The van der Waals surface area contributed by atoms with E-state index < -0.39 is 21.2 Å². The maximum absolute atomic E-state index is 10.9. The molecule has 9 nitrogen and oxygen atoms in total. The second-order valence-electron chi connectivity index (χ2n) is 3.51. The number of nitro benzene ring substituents is 2. The van der Waals surface area contributed by atoms with E-state index in [1.165, 1.54) is 12.1 Å². The van der Waals surface area contributed by atoms with Gasteiger partial charge in [0.05, 0.1) is 21.3 Å². The number of rotatable bonds is 3.